The van der Waals surface area contributed by atoms with E-state index in [0.29, 0.717) is 18.9 Å². The zero-order chi connectivity index (χ0) is 9.80. The predicted octanol–water partition coefficient (Wildman–Crippen LogP) is 2.06. The van der Waals surface area contributed by atoms with Gasteiger partial charge in [-0.1, -0.05) is 6.07 Å². The lowest BCUT2D eigenvalue weighted by molar-refractivity contribution is 0.333. The zero-order valence-electron chi connectivity index (χ0n) is 8.12. The molecule has 76 valence electrons. The van der Waals surface area contributed by atoms with Crippen molar-refractivity contribution in [2.45, 2.75) is 38.0 Å². The number of hydrogen-bond acceptors (Lipinski definition) is 2. The standard InChI is InChI=1S/C11H15FN2/c12-9-4-5-10(7-9)14-8-11-3-1-2-6-13-11/h1-3,6,9-10,14H,4-5,7-8H2/t9-,10+/m0/s1. The summed E-state index contributed by atoms with van der Waals surface area (Å²) in [6, 6.07) is 6.19. The van der Waals surface area contributed by atoms with Crippen molar-refractivity contribution >= 4 is 0 Å². The number of halogens is 1. The van der Waals surface area contributed by atoms with E-state index in [1.54, 1.807) is 6.20 Å². The smallest absolute Gasteiger partial charge is 0.102 e. The fraction of sp³-hybridized carbons (Fsp3) is 0.545. The lowest BCUT2D eigenvalue weighted by Gasteiger charge is -2.10. The van der Waals surface area contributed by atoms with Crippen molar-refractivity contribution in [1.29, 1.82) is 0 Å². The van der Waals surface area contributed by atoms with Crippen molar-refractivity contribution < 1.29 is 4.39 Å². The largest absolute Gasteiger partial charge is 0.308 e. The van der Waals surface area contributed by atoms with Crippen LogP contribution in [0.3, 0.4) is 0 Å². The number of alkyl halides is 1. The summed E-state index contributed by atoms with van der Waals surface area (Å²) in [4.78, 5) is 4.20. The Balaban J connectivity index is 1.78. The van der Waals surface area contributed by atoms with E-state index in [1.807, 2.05) is 18.2 Å². The van der Waals surface area contributed by atoms with Gasteiger partial charge in [0.05, 0.1) is 5.69 Å². The minimum absolute atomic E-state index is 0.340. The molecule has 0 aliphatic heterocycles. The summed E-state index contributed by atoms with van der Waals surface area (Å²) in [6.07, 6.45) is 3.50. The Hall–Kier alpha value is -0.960. The molecule has 0 bridgehead atoms. The Morgan fingerprint density at radius 1 is 1.43 bits per heavy atom. The van der Waals surface area contributed by atoms with Gasteiger partial charge in [-0.2, -0.15) is 0 Å². The van der Waals surface area contributed by atoms with E-state index >= 15 is 0 Å². The molecule has 0 aromatic carbocycles. The molecule has 1 aliphatic carbocycles. The molecule has 1 fully saturated rings. The summed E-state index contributed by atoms with van der Waals surface area (Å²) in [5.74, 6) is 0. The summed E-state index contributed by atoms with van der Waals surface area (Å²) in [7, 11) is 0. The maximum atomic E-state index is 12.8. The molecule has 0 unspecified atom stereocenters. The molecule has 2 nitrogen and oxygen atoms in total. The van der Waals surface area contributed by atoms with Gasteiger partial charge in [-0.15, -0.1) is 0 Å². The second-order valence-corrected chi connectivity index (χ2v) is 3.81. The van der Waals surface area contributed by atoms with Crippen LogP contribution in [-0.4, -0.2) is 17.2 Å². The van der Waals surface area contributed by atoms with Crippen LogP contribution in [0.4, 0.5) is 4.39 Å². The van der Waals surface area contributed by atoms with Crippen LogP contribution >= 0.6 is 0 Å². The van der Waals surface area contributed by atoms with Gasteiger partial charge in [0.1, 0.15) is 6.17 Å². The number of nitrogens with zero attached hydrogens (tertiary/aromatic N) is 1. The Bertz CT molecular complexity index is 276. The fourth-order valence-corrected chi connectivity index (χ4v) is 1.86. The van der Waals surface area contributed by atoms with Crippen LogP contribution in [0.15, 0.2) is 24.4 Å². The SMILES string of the molecule is F[C@H]1CC[C@@H](NCc2ccccn2)C1. The summed E-state index contributed by atoms with van der Waals surface area (Å²) in [6.45, 7) is 0.748. The second kappa shape index (κ2) is 4.51. The van der Waals surface area contributed by atoms with Gasteiger partial charge in [-0.25, -0.2) is 4.39 Å². The van der Waals surface area contributed by atoms with Crippen LogP contribution in [-0.2, 0) is 6.54 Å². The third-order valence-electron chi connectivity index (χ3n) is 2.67. The van der Waals surface area contributed by atoms with E-state index in [1.165, 1.54) is 0 Å². The Labute approximate surface area is 83.6 Å². The molecule has 1 aromatic rings. The molecule has 2 atom stereocenters. The third-order valence-corrected chi connectivity index (χ3v) is 2.67. The van der Waals surface area contributed by atoms with E-state index < -0.39 is 6.17 Å². The number of nitrogens with one attached hydrogen (secondary N) is 1. The van der Waals surface area contributed by atoms with Crippen molar-refractivity contribution in [3.63, 3.8) is 0 Å². The van der Waals surface area contributed by atoms with E-state index in [9.17, 15) is 4.39 Å². The van der Waals surface area contributed by atoms with E-state index in [4.69, 9.17) is 0 Å². The molecule has 0 radical (unpaired) electrons. The van der Waals surface area contributed by atoms with Crippen LogP contribution in [0, 0.1) is 0 Å². The van der Waals surface area contributed by atoms with Gasteiger partial charge in [-0.05, 0) is 31.4 Å². The molecular weight excluding hydrogens is 179 g/mol. The van der Waals surface area contributed by atoms with Gasteiger partial charge >= 0.3 is 0 Å². The van der Waals surface area contributed by atoms with Gasteiger partial charge in [0.15, 0.2) is 0 Å². The van der Waals surface area contributed by atoms with Crippen LogP contribution in [0.2, 0.25) is 0 Å². The first kappa shape index (κ1) is 9.59. The number of hydrogen-bond donors (Lipinski definition) is 1. The maximum Gasteiger partial charge on any atom is 0.102 e. The van der Waals surface area contributed by atoms with Crippen molar-refractivity contribution in [3.05, 3.63) is 30.1 Å². The van der Waals surface area contributed by atoms with Gasteiger partial charge in [0.25, 0.3) is 0 Å². The van der Waals surface area contributed by atoms with Crippen molar-refractivity contribution in [2.75, 3.05) is 0 Å². The summed E-state index contributed by atoms with van der Waals surface area (Å²) >= 11 is 0. The molecule has 1 aromatic heterocycles. The van der Waals surface area contributed by atoms with Crippen LogP contribution in [0.1, 0.15) is 25.0 Å². The van der Waals surface area contributed by atoms with Gasteiger partial charge in [0.2, 0.25) is 0 Å². The molecule has 1 saturated carbocycles. The van der Waals surface area contributed by atoms with E-state index in [2.05, 4.69) is 10.3 Å². The number of pyridine rings is 1. The molecule has 2 rings (SSSR count). The molecule has 0 spiro atoms. The first-order chi connectivity index (χ1) is 6.84. The van der Waals surface area contributed by atoms with Crippen LogP contribution < -0.4 is 5.32 Å². The highest BCUT2D eigenvalue weighted by Crippen LogP contribution is 2.21. The average molecular weight is 194 g/mol. The highest BCUT2D eigenvalue weighted by molar-refractivity contribution is 5.03. The topological polar surface area (TPSA) is 24.9 Å². The number of aromatic nitrogens is 1. The monoisotopic (exact) mass is 194 g/mol. The quantitative estimate of drug-likeness (QED) is 0.796. The summed E-state index contributed by atoms with van der Waals surface area (Å²) < 4.78 is 12.8. The summed E-state index contributed by atoms with van der Waals surface area (Å²) in [5.41, 5.74) is 1.02. The van der Waals surface area contributed by atoms with Gasteiger partial charge in [-0.3, -0.25) is 4.98 Å². The normalized spacial score (nSPS) is 26.6. The maximum absolute atomic E-state index is 12.8. The Morgan fingerprint density at radius 3 is 3.00 bits per heavy atom. The van der Waals surface area contributed by atoms with E-state index in [-0.39, 0.29) is 0 Å². The Morgan fingerprint density at radius 2 is 2.36 bits per heavy atom. The van der Waals surface area contributed by atoms with Crippen LogP contribution in [0.5, 0.6) is 0 Å². The highest BCUT2D eigenvalue weighted by atomic mass is 19.1. The summed E-state index contributed by atoms with van der Waals surface area (Å²) in [5, 5.41) is 3.33. The van der Waals surface area contributed by atoms with E-state index in [0.717, 1.165) is 18.7 Å². The minimum atomic E-state index is -0.601. The fourth-order valence-electron chi connectivity index (χ4n) is 1.86. The minimum Gasteiger partial charge on any atom is -0.308 e. The molecule has 14 heavy (non-hydrogen) atoms. The first-order valence-electron chi connectivity index (χ1n) is 5.12. The molecule has 0 amide bonds. The zero-order valence-corrected chi connectivity index (χ0v) is 8.12. The molecule has 0 saturated heterocycles. The Kier molecular flexibility index (Phi) is 3.09. The first-order valence-corrected chi connectivity index (χ1v) is 5.12. The third kappa shape index (κ3) is 2.51. The lowest BCUT2D eigenvalue weighted by Crippen LogP contribution is -2.26. The lowest BCUT2D eigenvalue weighted by atomic mass is 10.2. The van der Waals surface area contributed by atoms with Gasteiger partial charge in [0, 0.05) is 18.8 Å². The molecular formula is C11H15FN2. The second-order valence-electron chi connectivity index (χ2n) is 3.81. The predicted molar refractivity (Wildman–Crippen MR) is 53.6 cm³/mol. The van der Waals surface area contributed by atoms with Crippen molar-refractivity contribution in [3.8, 4) is 0 Å². The van der Waals surface area contributed by atoms with Gasteiger partial charge < -0.3 is 5.32 Å². The van der Waals surface area contributed by atoms with Crippen LogP contribution in [0.25, 0.3) is 0 Å². The average Bonchev–Trinajstić information content (AvgIpc) is 2.63. The van der Waals surface area contributed by atoms with Crippen molar-refractivity contribution in [2.24, 2.45) is 0 Å². The number of rotatable bonds is 3. The molecule has 1 aliphatic rings. The molecule has 3 heteroatoms. The molecule has 1 N–H and O–H groups in total. The highest BCUT2D eigenvalue weighted by Gasteiger charge is 2.23. The van der Waals surface area contributed by atoms with Crippen molar-refractivity contribution in [1.82, 2.24) is 10.3 Å². The molecule has 1 heterocycles.